The van der Waals surface area contributed by atoms with Crippen LogP contribution in [0, 0.1) is 16.0 Å². The number of nitrogens with one attached hydrogen (secondary N) is 1. The minimum absolute atomic E-state index is 0.00272. The van der Waals surface area contributed by atoms with Gasteiger partial charge in [0.15, 0.2) is 5.75 Å². The smallest absolute Gasteiger partial charge is 0.311 e. The van der Waals surface area contributed by atoms with Crippen molar-refractivity contribution in [3.05, 3.63) is 33.9 Å². The first-order chi connectivity index (χ1) is 10.0. The van der Waals surface area contributed by atoms with Gasteiger partial charge in [-0.15, -0.1) is 0 Å². The standard InChI is InChI=1S/C15H24N2O4/c1-12(2)11-21-8-4-7-16-10-13-5-6-15(20-3)14(9-13)17(18)19/h5-6,9,12,16H,4,7-8,10-11H2,1-3H3. The van der Waals surface area contributed by atoms with E-state index in [0.29, 0.717) is 12.5 Å². The molecule has 0 aliphatic heterocycles. The molecule has 0 amide bonds. The maximum atomic E-state index is 10.9. The fourth-order valence-corrected chi connectivity index (χ4v) is 1.84. The van der Waals surface area contributed by atoms with Gasteiger partial charge >= 0.3 is 5.69 Å². The van der Waals surface area contributed by atoms with Gasteiger partial charge in [-0.1, -0.05) is 19.9 Å². The zero-order valence-corrected chi connectivity index (χ0v) is 12.9. The molecule has 118 valence electrons. The molecule has 1 N–H and O–H groups in total. The lowest BCUT2D eigenvalue weighted by Crippen LogP contribution is -2.17. The number of hydrogen-bond donors (Lipinski definition) is 1. The van der Waals surface area contributed by atoms with Crippen molar-refractivity contribution in [1.82, 2.24) is 5.32 Å². The topological polar surface area (TPSA) is 73.6 Å². The molecule has 0 aliphatic rings. The number of methoxy groups -OCH3 is 1. The lowest BCUT2D eigenvalue weighted by molar-refractivity contribution is -0.385. The summed E-state index contributed by atoms with van der Waals surface area (Å²) in [7, 11) is 1.43. The molecule has 1 aromatic carbocycles. The Labute approximate surface area is 125 Å². The molecule has 0 unspecified atom stereocenters. The number of ether oxygens (including phenoxy) is 2. The first kappa shape index (κ1) is 17.4. The molecule has 0 fully saturated rings. The Morgan fingerprint density at radius 3 is 2.76 bits per heavy atom. The number of nitro groups is 1. The molecule has 21 heavy (non-hydrogen) atoms. The van der Waals surface area contributed by atoms with Crippen LogP contribution in [0.15, 0.2) is 18.2 Å². The van der Waals surface area contributed by atoms with Crippen LogP contribution in [0.4, 0.5) is 5.69 Å². The van der Waals surface area contributed by atoms with E-state index >= 15 is 0 Å². The fourth-order valence-electron chi connectivity index (χ4n) is 1.84. The SMILES string of the molecule is COc1ccc(CNCCCOCC(C)C)cc1[N+](=O)[O-]. The highest BCUT2D eigenvalue weighted by Crippen LogP contribution is 2.27. The van der Waals surface area contributed by atoms with Crippen LogP contribution in [0.3, 0.4) is 0 Å². The van der Waals surface area contributed by atoms with Crippen LogP contribution in [0.2, 0.25) is 0 Å². The molecule has 0 heterocycles. The molecule has 0 saturated carbocycles. The Hall–Kier alpha value is -1.66. The van der Waals surface area contributed by atoms with Crippen LogP contribution in [0.5, 0.6) is 5.75 Å². The summed E-state index contributed by atoms with van der Waals surface area (Å²) < 4.78 is 10.5. The third-order valence-electron chi connectivity index (χ3n) is 2.86. The van der Waals surface area contributed by atoms with Crippen LogP contribution >= 0.6 is 0 Å². The van der Waals surface area contributed by atoms with Gasteiger partial charge in [-0.3, -0.25) is 10.1 Å². The summed E-state index contributed by atoms with van der Waals surface area (Å²) >= 11 is 0. The molecule has 0 radical (unpaired) electrons. The van der Waals surface area contributed by atoms with Gasteiger partial charge in [0.05, 0.1) is 12.0 Å². The maximum absolute atomic E-state index is 10.9. The van der Waals surface area contributed by atoms with E-state index in [4.69, 9.17) is 9.47 Å². The van der Waals surface area contributed by atoms with Crippen LogP contribution in [-0.4, -0.2) is 31.8 Å². The van der Waals surface area contributed by atoms with Crippen LogP contribution < -0.4 is 10.1 Å². The highest BCUT2D eigenvalue weighted by Gasteiger charge is 2.14. The summed E-state index contributed by atoms with van der Waals surface area (Å²) in [5, 5.41) is 14.2. The first-order valence-electron chi connectivity index (χ1n) is 7.14. The van der Waals surface area contributed by atoms with Crippen molar-refractivity contribution in [2.24, 2.45) is 5.92 Å². The van der Waals surface area contributed by atoms with E-state index in [-0.39, 0.29) is 11.4 Å². The zero-order chi connectivity index (χ0) is 15.7. The summed E-state index contributed by atoms with van der Waals surface area (Å²) in [6, 6.07) is 5.00. The number of nitrogens with zero attached hydrogens (tertiary/aromatic N) is 1. The Balaban J connectivity index is 2.32. The van der Waals surface area contributed by atoms with Crippen molar-refractivity contribution >= 4 is 5.69 Å². The molecule has 1 rings (SSSR count). The molecule has 6 heteroatoms. The van der Waals surface area contributed by atoms with E-state index < -0.39 is 4.92 Å². The zero-order valence-electron chi connectivity index (χ0n) is 12.9. The monoisotopic (exact) mass is 296 g/mol. The van der Waals surface area contributed by atoms with Gasteiger partial charge < -0.3 is 14.8 Å². The minimum atomic E-state index is -0.428. The van der Waals surface area contributed by atoms with Gasteiger partial charge in [0.1, 0.15) is 0 Å². The van der Waals surface area contributed by atoms with Crippen molar-refractivity contribution in [2.75, 3.05) is 26.9 Å². The minimum Gasteiger partial charge on any atom is -0.490 e. The Kier molecular flexibility index (Phi) is 7.71. The van der Waals surface area contributed by atoms with Gasteiger partial charge in [0, 0.05) is 25.8 Å². The van der Waals surface area contributed by atoms with E-state index in [2.05, 4.69) is 19.2 Å². The second-order valence-electron chi connectivity index (χ2n) is 5.26. The lowest BCUT2D eigenvalue weighted by atomic mass is 10.2. The van der Waals surface area contributed by atoms with E-state index in [1.165, 1.54) is 7.11 Å². The van der Waals surface area contributed by atoms with Gasteiger partial charge in [0.2, 0.25) is 0 Å². The van der Waals surface area contributed by atoms with Crippen molar-refractivity contribution in [3.8, 4) is 5.75 Å². The van der Waals surface area contributed by atoms with E-state index in [9.17, 15) is 10.1 Å². The Bertz CT molecular complexity index is 449. The molecule has 0 spiro atoms. The normalized spacial score (nSPS) is 10.9. The molecule has 0 aromatic heterocycles. The fraction of sp³-hybridized carbons (Fsp3) is 0.600. The average Bonchev–Trinajstić information content (AvgIpc) is 2.45. The first-order valence-corrected chi connectivity index (χ1v) is 7.14. The van der Waals surface area contributed by atoms with Crippen LogP contribution in [0.25, 0.3) is 0 Å². The quantitative estimate of drug-likeness (QED) is 0.408. The summed E-state index contributed by atoms with van der Waals surface area (Å²) in [6.07, 6.45) is 0.922. The van der Waals surface area contributed by atoms with E-state index in [0.717, 1.165) is 31.7 Å². The highest BCUT2D eigenvalue weighted by atomic mass is 16.6. The third kappa shape index (κ3) is 6.55. The van der Waals surface area contributed by atoms with Crippen molar-refractivity contribution in [2.45, 2.75) is 26.8 Å². The maximum Gasteiger partial charge on any atom is 0.311 e. The van der Waals surface area contributed by atoms with Gasteiger partial charge in [-0.2, -0.15) is 0 Å². The predicted octanol–water partition coefficient (Wildman–Crippen LogP) is 2.76. The average molecular weight is 296 g/mol. The van der Waals surface area contributed by atoms with Crippen LogP contribution in [-0.2, 0) is 11.3 Å². The number of nitro benzene ring substituents is 1. The second kappa shape index (κ2) is 9.31. The molecule has 0 bridgehead atoms. The largest absolute Gasteiger partial charge is 0.490 e. The third-order valence-corrected chi connectivity index (χ3v) is 2.86. The molecule has 0 atom stereocenters. The van der Waals surface area contributed by atoms with E-state index in [1.54, 1.807) is 12.1 Å². The molecule has 0 saturated heterocycles. The van der Waals surface area contributed by atoms with E-state index in [1.807, 2.05) is 6.07 Å². The van der Waals surface area contributed by atoms with Crippen molar-refractivity contribution < 1.29 is 14.4 Å². The number of rotatable bonds is 10. The molecule has 1 aromatic rings. The summed E-state index contributed by atoms with van der Waals surface area (Å²) in [4.78, 5) is 10.5. The summed E-state index contributed by atoms with van der Waals surface area (Å²) in [5.41, 5.74) is 0.864. The van der Waals surface area contributed by atoms with Gasteiger partial charge in [0.25, 0.3) is 0 Å². The molecular formula is C15H24N2O4. The number of benzene rings is 1. The predicted molar refractivity (Wildman–Crippen MR) is 81.6 cm³/mol. The molecule has 6 nitrogen and oxygen atoms in total. The highest BCUT2D eigenvalue weighted by molar-refractivity contribution is 5.48. The summed E-state index contributed by atoms with van der Waals surface area (Å²) in [5.74, 6) is 0.837. The van der Waals surface area contributed by atoms with Crippen molar-refractivity contribution in [3.63, 3.8) is 0 Å². The number of hydrogen-bond acceptors (Lipinski definition) is 5. The van der Waals surface area contributed by atoms with Crippen LogP contribution in [0.1, 0.15) is 25.8 Å². The Morgan fingerprint density at radius 2 is 2.14 bits per heavy atom. The van der Waals surface area contributed by atoms with Crippen molar-refractivity contribution in [1.29, 1.82) is 0 Å². The van der Waals surface area contributed by atoms with Gasteiger partial charge in [-0.05, 0) is 30.5 Å². The molecular weight excluding hydrogens is 272 g/mol. The molecule has 0 aliphatic carbocycles. The van der Waals surface area contributed by atoms with Gasteiger partial charge in [-0.25, -0.2) is 0 Å². The summed E-state index contributed by atoms with van der Waals surface area (Å²) in [6.45, 7) is 7.16. The Morgan fingerprint density at radius 1 is 1.38 bits per heavy atom. The lowest BCUT2D eigenvalue weighted by Gasteiger charge is -2.08. The second-order valence-corrected chi connectivity index (χ2v) is 5.26.